The number of hydrogen-bond acceptors (Lipinski definition) is 14. The van der Waals surface area contributed by atoms with Crippen LogP contribution in [0.4, 0.5) is 0 Å². The van der Waals surface area contributed by atoms with Crippen LogP contribution in [0, 0.1) is 5.92 Å². The third-order valence-electron chi connectivity index (χ3n) is 12.7. The molecule has 9 atom stereocenters. The van der Waals surface area contributed by atoms with Crippen molar-refractivity contribution in [1.29, 1.82) is 0 Å². The second-order valence-corrected chi connectivity index (χ2v) is 19.1. The number of aromatic nitrogens is 2. The number of likely N-dealkylation sites (tertiary alicyclic amines) is 2. The van der Waals surface area contributed by atoms with Crippen LogP contribution in [-0.2, 0) is 67.2 Å². The number of amides is 8. The van der Waals surface area contributed by atoms with Crippen molar-refractivity contribution in [2.75, 3.05) is 19.7 Å². The number of phenols is 1. The first kappa shape index (κ1) is 58.0. The summed E-state index contributed by atoms with van der Waals surface area (Å²) in [6.45, 7) is 4.52. The lowest BCUT2D eigenvalue weighted by molar-refractivity contribution is -0.145. The van der Waals surface area contributed by atoms with Gasteiger partial charge in [-0.3, -0.25) is 43.2 Å². The first-order chi connectivity index (χ1) is 35.6. The van der Waals surface area contributed by atoms with Gasteiger partial charge in [-0.1, -0.05) is 56.3 Å². The van der Waals surface area contributed by atoms with Gasteiger partial charge in [0.05, 0.1) is 25.4 Å². The average molecular weight is 1050 g/mol. The quantitative estimate of drug-likeness (QED) is 0.0413. The number of aliphatic hydroxyl groups excluding tert-OH is 1. The summed E-state index contributed by atoms with van der Waals surface area (Å²) < 4.78 is 0. The zero-order valence-electron chi connectivity index (χ0n) is 41.9. The Hall–Kier alpha value is -7.93. The first-order valence-corrected chi connectivity index (χ1v) is 24.7. The molecule has 0 spiro atoms. The van der Waals surface area contributed by atoms with E-state index in [0.29, 0.717) is 42.6 Å². The Morgan fingerprint density at radius 2 is 1.13 bits per heavy atom. The molecule has 2 aliphatic heterocycles. The van der Waals surface area contributed by atoms with E-state index in [4.69, 9.17) is 5.73 Å². The van der Waals surface area contributed by atoms with Gasteiger partial charge in [0.15, 0.2) is 0 Å². The minimum Gasteiger partial charge on any atom is -0.508 e. The molecule has 0 aliphatic carbocycles. The molecule has 25 nitrogen and oxygen atoms in total. The first-order valence-electron chi connectivity index (χ1n) is 24.7. The maximum absolute atomic E-state index is 14.6. The predicted octanol–water partition coefficient (Wildman–Crippen LogP) is -2.02. The highest BCUT2D eigenvalue weighted by atomic mass is 16.4. The third-order valence-corrected chi connectivity index (χ3v) is 12.7. The highest BCUT2D eigenvalue weighted by Gasteiger charge is 2.41. The van der Waals surface area contributed by atoms with E-state index in [0.717, 1.165) is 0 Å². The molecule has 13 N–H and O–H groups in total. The third kappa shape index (κ3) is 16.8. The zero-order chi connectivity index (χ0) is 54.9. The van der Waals surface area contributed by atoms with Crippen molar-refractivity contribution >= 4 is 59.2 Å². The largest absolute Gasteiger partial charge is 0.508 e. The number of aromatic hydroxyl groups is 1. The number of carboxylic acids is 2. The number of phenolic OH excluding ortho intramolecular Hbond substituents is 1. The van der Waals surface area contributed by atoms with Crippen LogP contribution < -0.4 is 37.6 Å². The molecule has 406 valence electrons. The van der Waals surface area contributed by atoms with E-state index < -0.39 is 127 Å². The number of aromatic amines is 1. The van der Waals surface area contributed by atoms with Crippen LogP contribution in [0.15, 0.2) is 67.1 Å². The van der Waals surface area contributed by atoms with Crippen molar-refractivity contribution in [2.45, 2.75) is 133 Å². The van der Waals surface area contributed by atoms with Crippen LogP contribution in [0.1, 0.15) is 76.1 Å². The number of aliphatic carboxylic acids is 2. The van der Waals surface area contributed by atoms with E-state index in [2.05, 4.69) is 41.9 Å². The number of rotatable bonds is 26. The van der Waals surface area contributed by atoms with Crippen LogP contribution in [0.5, 0.6) is 5.75 Å². The summed E-state index contributed by atoms with van der Waals surface area (Å²) in [5.41, 5.74) is 7.15. The Kier molecular flexibility index (Phi) is 21.2. The fourth-order valence-corrected chi connectivity index (χ4v) is 8.92. The van der Waals surface area contributed by atoms with Crippen molar-refractivity contribution in [1.82, 2.24) is 51.7 Å². The van der Waals surface area contributed by atoms with E-state index in [1.54, 1.807) is 44.2 Å². The molecule has 0 bridgehead atoms. The number of nitrogens with zero attached hydrogens (tertiary/aromatic N) is 3. The van der Waals surface area contributed by atoms with Gasteiger partial charge in [0.25, 0.3) is 0 Å². The number of carbonyl (C=O) groups excluding carboxylic acids is 8. The number of hydrogen-bond donors (Lipinski definition) is 12. The highest BCUT2D eigenvalue weighted by molar-refractivity contribution is 5.99. The maximum atomic E-state index is 14.6. The number of H-pyrrole nitrogens is 1. The van der Waals surface area contributed by atoms with Crippen LogP contribution >= 0.6 is 0 Å². The smallest absolute Gasteiger partial charge is 0.328 e. The molecule has 9 unspecified atom stereocenters. The minimum absolute atomic E-state index is 0.0291. The van der Waals surface area contributed by atoms with Gasteiger partial charge in [0.1, 0.15) is 54.1 Å². The molecule has 8 amide bonds. The number of nitrogens with two attached hydrogens (primary N) is 1. The van der Waals surface area contributed by atoms with Gasteiger partial charge in [-0.25, -0.2) is 9.78 Å². The standard InChI is InChI=1S/C50H67N11O14/c1-27(2)19-33(57-46(70)39-11-7-17-60(39)48(72)28(3)51)42(66)55-35(22-31-24-52-26-53-31)44(68)56-36(23-41(64)65)45(69)54-34(20-29-9-5-4-6-10-29)43(67)58-37(21-30-13-15-32(63)16-14-30)49(73)61-18-8-12-40(61)47(71)59-38(25-62)50(74)75/h4-6,9-10,13-16,24,26-28,33-40,62-63H,7-8,11-12,17-23,25,51H2,1-3H3,(H,52,53)(H,54,69)(H,55,66)(H,56,68)(H,57,70)(H,58,67)(H,59,71)(H,64,65)(H,74,75). The number of carbonyl (C=O) groups is 10. The molecule has 2 saturated heterocycles. The van der Waals surface area contributed by atoms with Crippen LogP contribution in [0.2, 0.25) is 0 Å². The topological polar surface area (TPSA) is 385 Å². The molecule has 2 aliphatic rings. The normalized spacial score (nSPS) is 18.1. The van der Waals surface area contributed by atoms with Gasteiger partial charge in [0, 0.05) is 44.2 Å². The number of carboxylic acid groups (broad SMARTS) is 2. The molecule has 0 saturated carbocycles. The average Bonchev–Trinajstić information content (AvgIpc) is 4.18. The molecular weight excluding hydrogens is 979 g/mol. The van der Waals surface area contributed by atoms with E-state index in [9.17, 15) is 68.4 Å². The highest BCUT2D eigenvalue weighted by Crippen LogP contribution is 2.22. The Balaban J connectivity index is 1.40. The molecule has 2 fully saturated rings. The summed E-state index contributed by atoms with van der Waals surface area (Å²) >= 11 is 0. The van der Waals surface area contributed by atoms with E-state index >= 15 is 0 Å². The van der Waals surface area contributed by atoms with Crippen molar-refractivity contribution in [3.63, 3.8) is 0 Å². The molecule has 75 heavy (non-hydrogen) atoms. The van der Waals surface area contributed by atoms with Gasteiger partial charge in [-0.15, -0.1) is 0 Å². The van der Waals surface area contributed by atoms with E-state index in [-0.39, 0.29) is 50.3 Å². The molecule has 25 heteroatoms. The van der Waals surface area contributed by atoms with Crippen molar-refractivity contribution in [2.24, 2.45) is 11.7 Å². The lowest BCUT2D eigenvalue weighted by Gasteiger charge is -2.31. The van der Waals surface area contributed by atoms with Gasteiger partial charge < -0.3 is 72.8 Å². The van der Waals surface area contributed by atoms with Gasteiger partial charge >= 0.3 is 11.9 Å². The zero-order valence-corrected chi connectivity index (χ0v) is 41.9. The molecule has 5 rings (SSSR count). The number of nitrogens with one attached hydrogen (secondary N) is 7. The van der Waals surface area contributed by atoms with Crippen LogP contribution in [0.25, 0.3) is 0 Å². The fraction of sp³-hybridized carbons (Fsp3) is 0.500. The minimum atomic E-state index is -1.88. The van der Waals surface area contributed by atoms with Crippen molar-refractivity contribution in [3.05, 3.63) is 83.9 Å². The SMILES string of the molecule is CC(C)CC(NC(=O)C1CCCN1C(=O)C(C)N)C(=O)NC(Cc1cnc[nH]1)C(=O)NC(CC(=O)O)C(=O)NC(Cc1ccccc1)C(=O)NC(Cc1ccc(O)cc1)C(=O)N1CCCC1C(=O)NC(CO)C(=O)O. The van der Waals surface area contributed by atoms with Crippen LogP contribution in [0.3, 0.4) is 0 Å². The predicted molar refractivity (Wildman–Crippen MR) is 265 cm³/mol. The maximum Gasteiger partial charge on any atom is 0.328 e. The second-order valence-electron chi connectivity index (χ2n) is 19.1. The van der Waals surface area contributed by atoms with Crippen molar-refractivity contribution in [3.8, 4) is 5.75 Å². The Morgan fingerprint density at radius 3 is 1.65 bits per heavy atom. The van der Waals surface area contributed by atoms with Gasteiger partial charge in [-0.05, 0) is 68.2 Å². The fourth-order valence-electron chi connectivity index (χ4n) is 8.92. The summed E-state index contributed by atoms with van der Waals surface area (Å²) in [4.78, 5) is 145. The summed E-state index contributed by atoms with van der Waals surface area (Å²) in [6, 6.07) is 1.82. The number of aliphatic hydroxyl groups is 1. The van der Waals surface area contributed by atoms with Gasteiger partial charge in [-0.2, -0.15) is 0 Å². The number of benzene rings is 2. The van der Waals surface area contributed by atoms with Gasteiger partial charge in [0.2, 0.25) is 47.3 Å². The lowest BCUT2D eigenvalue weighted by atomic mass is 10.0. The van der Waals surface area contributed by atoms with Crippen molar-refractivity contribution < 1.29 is 68.4 Å². The summed E-state index contributed by atoms with van der Waals surface area (Å²) in [7, 11) is 0. The molecule has 3 heterocycles. The van der Waals surface area contributed by atoms with E-state index in [1.165, 1.54) is 53.5 Å². The molecule has 0 radical (unpaired) electrons. The summed E-state index contributed by atoms with van der Waals surface area (Å²) in [5.74, 6) is -9.85. The van der Waals surface area contributed by atoms with Crippen LogP contribution in [-0.4, -0.2) is 173 Å². The molecular formula is C50H67N11O14. The molecule has 3 aromatic rings. The Morgan fingerprint density at radius 1 is 0.640 bits per heavy atom. The lowest BCUT2D eigenvalue weighted by Crippen LogP contribution is -2.61. The Bertz CT molecular complexity index is 2490. The summed E-state index contributed by atoms with van der Waals surface area (Å²) in [6.07, 6.45) is 2.42. The number of imidazole rings is 1. The molecule has 1 aromatic heterocycles. The monoisotopic (exact) mass is 1050 g/mol. The molecule has 2 aromatic carbocycles. The second kappa shape index (κ2) is 27.4. The Labute approximate surface area is 432 Å². The van der Waals surface area contributed by atoms with E-state index in [1.807, 2.05) is 0 Å². The summed E-state index contributed by atoms with van der Waals surface area (Å²) in [5, 5.41) is 54.2.